The smallest absolute Gasteiger partial charge is 0.248 e. The summed E-state index contributed by atoms with van der Waals surface area (Å²) in [6, 6.07) is 0. The molecular weight excluding hydrogens is 154 g/mol. The molecule has 70 valence electrons. The minimum Gasteiger partial charge on any atom is -0.375 e. The van der Waals surface area contributed by atoms with Crippen LogP contribution in [0.15, 0.2) is 0 Å². The summed E-state index contributed by atoms with van der Waals surface area (Å²) in [4.78, 5) is 13.3. The second-order valence-corrected chi connectivity index (χ2v) is 3.23. The number of methoxy groups -OCH3 is 1. The molecule has 1 fully saturated rings. The highest BCUT2D eigenvalue weighted by molar-refractivity contribution is 5.77. The lowest BCUT2D eigenvalue weighted by Crippen LogP contribution is -2.34. The Labute approximate surface area is 73.7 Å². The number of rotatable bonds is 2. The Kier molecular flexibility index (Phi) is 4.08. The highest BCUT2D eigenvalue weighted by Gasteiger charge is 2.14. The second kappa shape index (κ2) is 5.14. The van der Waals surface area contributed by atoms with Gasteiger partial charge in [-0.15, -0.1) is 0 Å². The number of carbonyl (C=O) groups is 1. The zero-order chi connectivity index (χ0) is 8.81. The molecule has 1 aliphatic heterocycles. The quantitative estimate of drug-likeness (QED) is 0.621. The second-order valence-electron chi connectivity index (χ2n) is 3.23. The van der Waals surface area contributed by atoms with Crippen LogP contribution in [0.3, 0.4) is 0 Å². The van der Waals surface area contributed by atoms with Crippen molar-refractivity contribution in [3.05, 3.63) is 0 Å². The fourth-order valence-corrected chi connectivity index (χ4v) is 1.53. The third-order valence-corrected chi connectivity index (χ3v) is 2.23. The first-order chi connectivity index (χ1) is 5.84. The van der Waals surface area contributed by atoms with E-state index in [0.717, 1.165) is 25.9 Å². The first kappa shape index (κ1) is 9.52. The minimum absolute atomic E-state index is 0.138. The molecule has 0 atom stereocenters. The zero-order valence-corrected chi connectivity index (χ0v) is 7.71. The summed E-state index contributed by atoms with van der Waals surface area (Å²) < 4.78 is 4.81. The molecule has 1 rings (SSSR count). The highest BCUT2D eigenvalue weighted by Crippen LogP contribution is 2.09. The number of hydrogen-bond acceptors (Lipinski definition) is 2. The molecule has 0 aromatic heterocycles. The molecule has 0 saturated carbocycles. The van der Waals surface area contributed by atoms with E-state index in [0.29, 0.717) is 0 Å². The van der Waals surface area contributed by atoms with Crippen LogP contribution in [0.4, 0.5) is 0 Å². The Bertz CT molecular complexity index is 139. The monoisotopic (exact) mass is 171 g/mol. The van der Waals surface area contributed by atoms with E-state index >= 15 is 0 Å². The summed E-state index contributed by atoms with van der Waals surface area (Å²) >= 11 is 0. The third kappa shape index (κ3) is 2.81. The largest absolute Gasteiger partial charge is 0.375 e. The molecule has 0 aliphatic carbocycles. The maximum absolute atomic E-state index is 11.4. The Morgan fingerprint density at radius 2 is 1.83 bits per heavy atom. The van der Waals surface area contributed by atoms with E-state index in [9.17, 15) is 4.79 Å². The van der Waals surface area contributed by atoms with Crippen LogP contribution in [-0.2, 0) is 9.53 Å². The number of ether oxygens (including phenoxy) is 1. The van der Waals surface area contributed by atoms with Gasteiger partial charge in [0, 0.05) is 20.2 Å². The van der Waals surface area contributed by atoms with Crippen LogP contribution in [0, 0.1) is 0 Å². The normalized spacial score (nSPS) is 18.9. The average Bonchev–Trinajstić information content (AvgIpc) is 2.32. The molecule has 0 aromatic carbocycles. The standard InChI is InChI=1S/C9H17NO2/c1-12-8-9(11)10-6-4-2-3-5-7-10/h2-8H2,1H3. The molecule has 1 amide bonds. The van der Waals surface area contributed by atoms with Crippen molar-refractivity contribution in [2.45, 2.75) is 25.7 Å². The first-order valence-corrected chi connectivity index (χ1v) is 4.61. The maximum Gasteiger partial charge on any atom is 0.248 e. The van der Waals surface area contributed by atoms with Crippen LogP contribution in [-0.4, -0.2) is 37.6 Å². The number of likely N-dealkylation sites (tertiary alicyclic amines) is 1. The lowest BCUT2D eigenvalue weighted by atomic mass is 10.2. The van der Waals surface area contributed by atoms with Gasteiger partial charge < -0.3 is 9.64 Å². The molecule has 0 spiro atoms. The van der Waals surface area contributed by atoms with E-state index in [4.69, 9.17) is 4.74 Å². The van der Waals surface area contributed by atoms with Crippen molar-refractivity contribution in [2.75, 3.05) is 26.8 Å². The lowest BCUT2D eigenvalue weighted by Gasteiger charge is -2.19. The van der Waals surface area contributed by atoms with Gasteiger partial charge in [0.2, 0.25) is 5.91 Å². The molecule has 1 saturated heterocycles. The molecule has 0 aromatic rings. The predicted molar refractivity (Wildman–Crippen MR) is 46.9 cm³/mol. The van der Waals surface area contributed by atoms with Crippen molar-refractivity contribution in [3.8, 4) is 0 Å². The van der Waals surface area contributed by atoms with Crippen molar-refractivity contribution in [3.63, 3.8) is 0 Å². The molecule has 1 aliphatic rings. The van der Waals surface area contributed by atoms with E-state index in [1.54, 1.807) is 7.11 Å². The third-order valence-electron chi connectivity index (χ3n) is 2.23. The Balaban J connectivity index is 2.32. The summed E-state index contributed by atoms with van der Waals surface area (Å²) in [5, 5.41) is 0. The molecule has 3 heteroatoms. The fraction of sp³-hybridized carbons (Fsp3) is 0.889. The lowest BCUT2D eigenvalue weighted by molar-refractivity contribution is -0.135. The van der Waals surface area contributed by atoms with Gasteiger partial charge in [0.1, 0.15) is 6.61 Å². The van der Waals surface area contributed by atoms with E-state index in [1.165, 1.54) is 12.8 Å². The SMILES string of the molecule is COCC(=O)N1CCCCCC1. The van der Waals surface area contributed by atoms with E-state index in [1.807, 2.05) is 4.90 Å². The van der Waals surface area contributed by atoms with Crippen LogP contribution < -0.4 is 0 Å². The topological polar surface area (TPSA) is 29.5 Å². The molecule has 1 heterocycles. The van der Waals surface area contributed by atoms with E-state index in [-0.39, 0.29) is 12.5 Å². The van der Waals surface area contributed by atoms with Crippen LogP contribution in [0.1, 0.15) is 25.7 Å². The Hall–Kier alpha value is -0.570. The van der Waals surface area contributed by atoms with E-state index in [2.05, 4.69) is 0 Å². The van der Waals surface area contributed by atoms with Gasteiger partial charge in [-0.2, -0.15) is 0 Å². The van der Waals surface area contributed by atoms with Gasteiger partial charge >= 0.3 is 0 Å². The van der Waals surface area contributed by atoms with Gasteiger partial charge in [0.25, 0.3) is 0 Å². The van der Waals surface area contributed by atoms with Crippen LogP contribution >= 0.6 is 0 Å². The van der Waals surface area contributed by atoms with Crippen molar-refractivity contribution in [2.24, 2.45) is 0 Å². The number of amides is 1. The van der Waals surface area contributed by atoms with Crippen molar-refractivity contribution >= 4 is 5.91 Å². The van der Waals surface area contributed by atoms with Gasteiger partial charge in [-0.25, -0.2) is 0 Å². The van der Waals surface area contributed by atoms with Crippen LogP contribution in [0.5, 0.6) is 0 Å². The Morgan fingerprint density at radius 3 is 2.33 bits per heavy atom. The molecule has 0 bridgehead atoms. The Morgan fingerprint density at radius 1 is 1.25 bits per heavy atom. The summed E-state index contributed by atoms with van der Waals surface area (Å²) in [7, 11) is 1.57. The minimum atomic E-state index is 0.138. The van der Waals surface area contributed by atoms with Gasteiger partial charge in [-0.3, -0.25) is 4.79 Å². The molecule has 12 heavy (non-hydrogen) atoms. The van der Waals surface area contributed by atoms with E-state index < -0.39 is 0 Å². The number of nitrogens with zero attached hydrogens (tertiary/aromatic N) is 1. The van der Waals surface area contributed by atoms with Gasteiger partial charge in [-0.05, 0) is 12.8 Å². The maximum atomic E-state index is 11.4. The van der Waals surface area contributed by atoms with Gasteiger partial charge in [0.15, 0.2) is 0 Å². The average molecular weight is 171 g/mol. The van der Waals surface area contributed by atoms with Gasteiger partial charge in [-0.1, -0.05) is 12.8 Å². The highest BCUT2D eigenvalue weighted by atomic mass is 16.5. The van der Waals surface area contributed by atoms with Crippen molar-refractivity contribution in [1.82, 2.24) is 4.90 Å². The molecular formula is C9H17NO2. The summed E-state index contributed by atoms with van der Waals surface area (Å²) in [6.45, 7) is 2.07. The zero-order valence-electron chi connectivity index (χ0n) is 7.71. The predicted octanol–water partition coefficient (Wildman–Crippen LogP) is 1.04. The van der Waals surface area contributed by atoms with Crippen molar-refractivity contribution < 1.29 is 9.53 Å². The van der Waals surface area contributed by atoms with Crippen molar-refractivity contribution in [1.29, 1.82) is 0 Å². The summed E-state index contributed by atoms with van der Waals surface area (Å²) in [5.74, 6) is 0.138. The molecule has 0 N–H and O–H groups in total. The van der Waals surface area contributed by atoms with Gasteiger partial charge in [0.05, 0.1) is 0 Å². The number of carbonyl (C=O) groups excluding carboxylic acids is 1. The van der Waals surface area contributed by atoms with Crippen LogP contribution in [0.25, 0.3) is 0 Å². The first-order valence-electron chi connectivity index (χ1n) is 4.61. The van der Waals surface area contributed by atoms with Crippen LogP contribution in [0.2, 0.25) is 0 Å². The summed E-state index contributed by atoms with van der Waals surface area (Å²) in [6.07, 6.45) is 4.82. The number of hydrogen-bond donors (Lipinski definition) is 0. The molecule has 0 radical (unpaired) electrons. The molecule has 3 nitrogen and oxygen atoms in total. The summed E-state index contributed by atoms with van der Waals surface area (Å²) in [5.41, 5.74) is 0. The fourth-order valence-electron chi connectivity index (χ4n) is 1.53. The molecule has 0 unspecified atom stereocenters.